The van der Waals surface area contributed by atoms with Crippen LogP contribution in [0, 0.1) is 25.7 Å². The van der Waals surface area contributed by atoms with E-state index in [4.69, 9.17) is 0 Å². The Hall–Kier alpha value is -1.38. The largest absolute Gasteiger partial charge is 0.506 e. The third-order valence-electron chi connectivity index (χ3n) is 2.20. The van der Waals surface area contributed by atoms with Crippen molar-refractivity contribution < 1.29 is 5.11 Å². The summed E-state index contributed by atoms with van der Waals surface area (Å²) in [6.07, 6.45) is 0. The number of aryl methyl sites for hydroxylation is 1. The Morgan fingerprint density at radius 1 is 1.25 bits per heavy atom. The van der Waals surface area contributed by atoms with Gasteiger partial charge in [0.05, 0.1) is 0 Å². The number of hydrogen-bond donors (Lipinski definition) is 1. The van der Waals surface area contributed by atoms with Crippen molar-refractivity contribution >= 4 is 5.69 Å². The molecule has 0 unspecified atom stereocenters. The topological polar surface area (TPSA) is 49.7 Å². The van der Waals surface area contributed by atoms with Crippen LogP contribution in [0.4, 0.5) is 5.69 Å². The van der Waals surface area contributed by atoms with E-state index < -0.39 is 0 Å². The van der Waals surface area contributed by atoms with E-state index >= 15 is 0 Å². The summed E-state index contributed by atoms with van der Waals surface area (Å²) in [6.45, 7) is 5.56. The van der Waals surface area contributed by atoms with E-state index in [1.807, 2.05) is 13.8 Å². The van der Waals surface area contributed by atoms with Crippen LogP contribution >= 0.6 is 0 Å². The average molecular weight is 165 g/mol. The molecule has 0 aliphatic carbocycles. The summed E-state index contributed by atoms with van der Waals surface area (Å²) in [4.78, 5) is 10.3. The van der Waals surface area contributed by atoms with E-state index in [-0.39, 0.29) is 11.4 Å². The van der Waals surface area contributed by atoms with Crippen molar-refractivity contribution in [3.05, 3.63) is 27.7 Å². The normalized spacial score (nSPS) is 9.92. The summed E-state index contributed by atoms with van der Waals surface area (Å²) in [5, 5.41) is 12.1. The Labute approximate surface area is 71.0 Å². The van der Waals surface area contributed by atoms with Crippen LogP contribution < -0.4 is 0 Å². The zero-order chi connectivity index (χ0) is 9.30. The molecule has 0 saturated carbocycles. The molecule has 3 nitrogen and oxygen atoms in total. The Bertz CT molecular complexity index is 332. The van der Waals surface area contributed by atoms with Gasteiger partial charge >= 0.3 is 0 Å². The molecular weight excluding hydrogens is 154 g/mol. The zero-order valence-corrected chi connectivity index (χ0v) is 7.38. The molecule has 3 heteroatoms. The molecule has 0 aliphatic heterocycles. The highest BCUT2D eigenvalue weighted by atomic mass is 16.3. The second kappa shape index (κ2) is 2.93. The molecule has 1 N–H and O–H groups in total. The van der Waals surface area contributed by atoms with E-state index in [0.29, 0.717) is 0 Å². The molecular formula is C9H11NO2. The van der Waals surface area contributed by atoms with E-state index in [9.17, 15) is 10.0 Å². The Morgan fingerprint density at radius 3 is 2.33 bits per heavy atom. The lowest BCUT2D eigenvalue weighted by atomic mass is 10.0. The summed E-state index contributed by atoms with van der Waals surface area (Å²) in [7, 11) is 0. The Kier molecular flexibility index (Phi) is 2.13. The Morgan fingerprint density at radius 2 is 1.83 bits per heavy atom. The molecule has 0 heterocycles. The van der Waals surface area contributed by atoms with Crippen LogP contribution in [0.15, 0.2) is 11.2 Å². The van der Waals surface area contributed by atoms with Crippen molar-refractivity contribution in [2.24, 2.45) is 5.18 Å². The molecule has 0 spiro atoms. The standard InChI is InChI=1S/C9H11NO2/c1-5-4-8(11)9(10-12)7(3)6(5)2/h4,11H,1-3H3. The van der Waals surface area contributed by atoms with Crippen LogP contribution in [0.3, 0.4) is 0 Å². The molecule has 64 valence electrons. The van der Waals surface area contributed by atoms with Gasteiger partial charge in [-0.3, -0.25) is 0 Å². The van der Waals surface area contributed by atoms with E-state index in [0.717, 1.165) is 16.7 Å². The van der Waals surface area contributed by atoms with Gasteiger partial charge in [-0.25, -0.2) is 0 Å². The van der Waals surface area contributed by atoms with Crippen LogP contribution in [-0.4, -0.2) is 5.11 Å². The van der Waals surface area contributed by atoms with Gasteiger partial charge < -0.3 is 5.11 Å². The lowest BCUT2D eigenvalue weighted by Gasteiger charge is -2.07. The molecule has 0 amide bonds. The summed E-state index contributed by atoms with van der Waals surface area (Å²) in [5.74, 6) is -0.0365. The number of nitrogens with zero attached hydrogens (tertiary/aromatic N) is 1. The van der Waals surface area contributed by atoms with Gasteiger partial charge in [0.1, 0.15) is 5.75 Å². The number of phenols is 1. The van der Waals surface area contributed by atoms with Crippen LogP contribution in [-0.2, 0) is 0 Å². The summed E-state index contributed by atoms with van der Waals surface area (Å²) < 4.78 is 0. The Balaban J connectivity index is 3.51. The van der Waals surface area contributed by atoms with Gasteiger partial charge in [-0.2, -0.15) is 0 Å². The first kappa shape index (κ1) is 8.71. The van der Waals surface area contributed by atoms with Crippen LogP contribution in [0.1, 0.15) is 16.7 Å². The smallest absolute Gasteiger partial charge is 0.152 e. The van der Waals surface area contributed by atoms with Crippen molar-refractivity contribution in [1.29, 1.82) is 0 Å². The van der Waals surface area contributed by atoms with Crippen molar-refractivity contribution in [2.75, 3.05) is 0 Å². The third-order valence-corrected chi connectivity index (χ3v) is 2.20. The van der Waals surface area contributed by atoms with Gasteiger partial charge in [-0.1, -0.05) is 0 Å². The fraction of sp³-hybridized carbons (Fsp3) is 0.333. The second-order valence-corrected chi connectivity index (χ2v) is 2.90. The minimum atomic E-state index is -0.0365. The number of benzene rings is 1. The molecule has 1 rings (SSSR count). The first-order valence-corrected chi connectivity index (χ1v) is 3.71. The lowest BCUT2D eigenvalue weighted by Crippen LogP contribution is -1.86. The predicted octanol–water partition coefficient (Wildman–Crippen LogP) is 2.72. The molecule has 0 saturated heterocycles. The van der Waals surface area contributed by atoms with Gasteiger partial charge in [0.25, 0.3) is 0 Å². The van der Waals surface area contributed by atoms with Crippen molar-refractivity contribution in [1.82, 2.24) is 0 Å². The van der Waals surface area contributed by atoms with Gasteiger partial charge in [0.15, 0.2) is 5.69 Å². The van der Waals surface area contributed by atoms with Gasteiger partial charge in [0, 0.05) is 0 Å². The van der Waals surface area contributed by atoms with Crippen LogP contribution in [0.25, 0.3) is 0 Å². The van der Waals surface area contributed by atoms with Gasteiger partial charge in [0.2, 0.25) is 0 Å². The van der Waals surface area contributed by atoms with Crippen molar-refractivity contribution in [3.63, 3.8) is 0 Å². The predicted molar refractivity (Wildman–Crippen MR) is 47.8 cm³/mol. The van der Waals surface area contributed by atoms with E-state index in [2.05, 4.69) is 5.18 Å². The number of phenolic OH excluding ortho intramolecular Hbond substituents is 1. The number of nitroso groups, excluding NO2 is 1. The molecule has 0 atom stereocenters. The molecule has 0 fully saturated rings. The van der Waals surface area contributed by atoms with E-state index in [1.165, 1.54) is 0 Å². The molecule has 1 aromatic carbocycles. The molecule has 0 radical (unpaired) electrons. The van der Waals surface area contributed by atoms with E-state index in [1.54, 1.807) is 13.0 Å². The number of hydrogen-bond acceptors (Lipinski definition) is 3. The first-order valence-electron chi connectivity index (χ1n) is 3.71. The quantitative estimate of drug-likeness (QED) is 0.650. The van der Waals surface area contributed by atoms with Crippen LogP contribution in [0.5, 0.6) is 5.75 Å². The highest BCUT2D eigenvalue weighted by molar-refractivity contribution is 5.61. The van der Waals surface area contributed by atoms with Crippen molar-refractivity contribution in [2.45, 2.75) is 20.8 Å². The molecule has 12 heavy (non-hydrogen) atoms. The number of rotatable bonds is 1. The maximum absolute atomic E-state index is 10.3. The van der Waals surface area contributed by atoms with Gasteiger partial charge in [-0.05, 0) is 48.7 Å². The molecule has 0 aliphatic rings. The lowest BCUT2D eigenvalue weighted by molar-refractivity contribution is 0.475. The SMILES string of the molecule is Cc1cc(O)c(N=O)c(C)c1C. The fourth-order valence-corrected chi connectivity index (χ4v) is 1.16. The second-order valence-electron chi connectivity index (χ2n) is 2.90. The highest BCUT2D eigenvalue weighted by Crippen LogP contribution is 2.33. The minimum absolute atomic E-state index is 0.0365. The average Bonchev–Trinajstić information content (AvgIpc) is 2.01. The van der Waals surface area contributed by atoms with Gasteiger partial charge in [-0.15, -0.1) is 4.91 Å². The zero-order valence-electron chi connectivity index (χ0n) is 7.38. The molecule has 1 aromatic rings. The van der Waals surface area contributed by atoms with Crippen molar-refractivity contribution in [3.8, 4) is 5.75 Å². The number of aromatic hydroxyl groups is 1. The highest BCUT2D eigenvalue weighted by Gasteiger charge is 2.09. The maximum Gasteiger partial charge on any atom is 0.152 e. The maximum atomic E-state index is 10.3. The summed E-state index contributed by atoms with van der Waals surface area (Å²) in [5.41, 5.74) is 2.88. The first-order chi connectivity index (χ1) is 5.57. The summed E-state index contributed by atoms with van der Waals surface area (Å²) in [6, 6.07) is 1.55. The summed E-state index contributed by atoms with van der Waals surface area (Å²) >= 11 is 0. The minimum Gasteiger partial charge on any atom is -0.506 e. The molecule has 0 bridgehead atoms. The third kappa shape index (κ3) is 1.18. The van der Waals surface area contributed by atoms with Crippen LogP contribution in [0.2, 0.25) is 0 Å². The molecule has 0 aromatic heterocycles. The monoisotopic (exact) mass is 165 g/mol. The fourth-order valence-electron chi connectivity index (χ4n) is 1.16.